The number of carbonyl (C=O) groups excluding carboxylic acids is 1. The third-order valence-electron chi connectivity index (χ3n) is 2.87. The van der Waals surface area contributed by atoms with E-state index in [-0.39, 0.29) is 24.2 Å². The maximum absolute atomic E-state index is 11.5. The lowest BCUT2D eigenvalue weighted by molar-refractivity contribution is 0.0859. The minimum absolute atomic E-state index is 0.0904. The van der Waals surface area contributed by atoms with Crippen molar-refractivity contribution in [2.45, 2.75) is 58.2 Å². The molecule has 1 heterocycles. The lowest BCUT2D eigenvalue weighted by Gasteiger charge is -2.21. The number of nitrogens with one attached hydrogen (secondary N) is 2. The molecule has 15 heavy (non-hydrogen) atoms. The molecule has 0 aromatic heterocycles. The van der Waals surface area contributed by atoms with Gasteiger partial charge in [0.15, 0.2) is 0 Å². The highest BCUT2D eigenvalue weighted by molar-refractivity contribution is 5.74. The molecule has 0 radical (unpaired) electrons. The fourth-order valence-corrected chi connectivity index (χ4v) is 1.66. The number of urea groups is 1. The predicted molar refractivity (Wildman–Crippen MR) is 59.9 cm³/mol. The van der Waals surface area contributed by atoms with Crippen molar-refractivity contribution in [3.8, 4) is 0 Å². The quantitative estimate of drug-likeness (QED) is 0.747. The zero-order chi connectivity index (χ0) is 11.3. The minimum atomic E-state index is -0.0904. The number of hydrogen-bond acceptors (Lipinski definition) is 2. The average Bonchev–Trinajstić information content (AvgIpc) is 2.70. The lowest BCUT2D eigenvalue weighted by Crippen LogP contribution is -2.48. The Labute approximate surface area is 91.8 Å². The molecule has 3 atom stereocenters. The molecule has 0 spiro atoms. The van der Waals surface area contributed by atoms with E-state index in [1.54, 1.807) is 0 Å². The van der Waals surface area contributed by atoms with Crippen LogP contribution < -0.4 is 10.6 Å². The highest BCUT2D eigenvalue weighted by atomic mass is 16.5. The van der Waals surface area contributed by atoms with Crippen molar-refractivity contribution in [2.24, 2.45) is 0 Å². The van der Waals surface area contributed by atoms with E-state index in [9.17, 15) is 4.79 Å². The van der Waals surface area contributed by atoms with Crippen molar-refractivity contribution in [2.75, 3.05) is 6.61 Å². The fraction of sp³-hybridized carbons (Fsp3) is 0.909. The van der Waals surface area contributed by atoms with E-state index in [0.717, 1.165) is 25.9 Å². The molecule has 0 unspecified atom stereocenters. The topological polar surface area (TPSA) is 50.4 Å². The van der Waals surface area contributed by atoms with E-state index >= 15 is 0 Å². The maximum atomic E-state index is 11.5. The summed E-state index contributed by atoms with van der Waals surface area (Å²) in [6.45, 7) is 6.86. The summed E-state index contributed by atoms with van der Waals surface area (Å²) in [4.78, 5) is 11.5. The van der Waals surface area contributed by atoms with Crippen LogP contribution in [0.1, 0.15) is 40.0 Å². The van der Waals surface area contributed by atoms with Crippen molar-refractivity contribution >= 4 is 6.03 Å². The number of ether oxygens (including phenoxy) is 1. The molecule has 88 valence electrons. The zero-order valence-electron chi connectivity index (χ0n) is 9.88. The summed E-state index contributed by atoms with van der Waals surface area (Å²) < 4.78 is 5.50. The number of carbonyl (C=O) groups is 1. The molecule has 4 nitrogen and oxygen atoms in total. The van der Waals surface area contributed by atoms with Crippen LogP contribution in [0.5, 0.6) is 0 Å². The summed E-state index contributed by atoms with van der Waals surface area (Å²) in [5, 5.41) is 5.79. The SMILES string of the molecule is CC[C@@H](C)NC(=O)N[C@@H](C)[C@@H]1CCCO1. The second-order valence-corrected chi connectivity index (χ2v) is 4.27. The smallest absolute Gasteiger partial charge is 0.315 e. The van der Waals surface area contributed by atoms with Gasteiger partial charge in [-0.1, -0.05) is 6.92 Å². The Morgan fingerprint density at radius 2 is 2.20 bits per heavy atom. The van der Waals surface area contributed by atoms with Gasteiger partial charge in [-0.05, 0) is 33.1 Å². The Bertz CT molecular complexity index is 203. The molecule has 1 saturated heterocycles. The van der Waals surface area contributed by atoms with Gasteiger partial charge in [0.05, 0.1) is 12.1 Å². The van der Waals surface area contributed by atoms with E-state index in [0.29, 0.717) is 0 Å². The zero-order valence-corrected chi connectivity index (χ0v) is 9.88. The Kier molecular flexibility index (Phi) is 4.88. The van der Waals surface area contributed by atoms with Gasteiger partial charge >= 0.3 is 6.03 Å². The van der Waals surface area contributed by atoms with E-state index in [4.69, 9.17) is 4.74 Å². The van der Waals surface area contributed by atoms with Crippen LogP contribution in [0.25, 0.3) is 0 Å². The van der Waals surface area contributed by atoms with E-state index in [1.165, 1.54) is 0 Å². The van der Waals surface area contributed by atoms with Crippen molar-refractivity contribution in [1.82, 2.24) is 10.6 Å². The van der Waals surface area contributed by atoms with Crippen LogP contribution in [-0.4, -0.2) is 30.8 Å². The lowest BCUT2D eigenvalue weighted by atomic mass is 10.1. The summed E-state index contributed by atoms with van der Waals surface area (Å²) >= 11 is 0. The summed E-state index contributed by atoms with van der Waals surface area (Å²) in [5.74, 6) is 0. The Morgan fingerprint density at radius 1 is 1.47 bits per heavy atom. The van der Waals surface area contributed by atoms with Crippen LogP contribution in [0.3, 0.4) is 0 Å². The molecular formula is C11H22N2O2. The standard InChI is InChI=1S/C11H22N2O2/c1-4-8(2)12-11(14)13-9(3)10-6-5-7-15-10/h8-10H,4-7H2,1-3H3,(H2,12,13,14)/t8-,9+,10+/m1/s1. The highest BCUT2D eigenvalue weighted by Crippen LogP contribution is 2.15. The van der Waals surface area contributed by atoms with E-state index in [2.05, 4.69) is 17.6 Å². The monoisotopic (exact) mass is 214 g/mol. The van der Waals surface area contributed by atoms with E-state index in [1.807, 2.05) is 13.8 Å². The van der Waals surface area contributed by atoms with Gasteiger partial charge in [-0.25, -0.2) is 4.79 Å². The number of hydrogen-bond donors (Lipinski definition) is 2. The highest BCUT2D eigenvalue weighted by Gasteiger charge is 2.23. The molecule has 4 heteroatoms. The molecule has 1 aliphatic heterocycles. The maximum Gasteiger partial charge on any atom is 0.315 e. The molecule has 0 aliphatic carbocycles. The second kappa shape index (κ2) is 5.95. The van der Waals surface area contributed by atoms with Gasteiger partial charge in [-0.2, -0.15) is 0 Å². The summed E-state index contributed by atoms with van der Waals surface area (Å²) in [7, 11) is 0. The first-order chi connectivity index (χ1) is 7.13. The van der Waals surface area contributed by atoms with Gasteiger partial charge < -0.3 is 15.4 Å². The van der Waals surface area contributed by atoms with Crippen molar-refractivity contribution in [3.05, 3.63) is 0 Å². The van der Waals surface area contributed by atoms with Crippen molar-refractivity contribution < 1.29 is 9.53 Å². The molecule has 0 saturated carbocycles. The van der Waals surface area contributed by atoms with Gasteiger partial charge in [0.1, 0.15) is 0 Å². The van der Waals surface area contributed by atoms with Gasteiger partial charge in [-0.15, -0.1) is 0 Å². The molecule has 0 aromatic carbocycles. The molecule has 2 amide bonds. The molecule has 2 N–H and O–H groups in total. The van der Waals surface area contributed by atoms with Crippen LogP contribution in [0, 0.1) is 0 Å². The second-order valence-electron chi connectivity index (χ2n) is 4.27. The van der Waals surface area contributed by atoms with E-state index < -0.39 is 0 Å². The van der Waals surface area contributed by atoms with Crippen LogP contribution in [0.2, 0.25) is 0 Å². The van der Waals surface area contributed by atoms with Gasteiger partial charge in [0.25, 0.3) is 0 Å². The first-order valence-electron chi connectivity index (χ1n) is 5.82. The van der Waals surface area contributed by atoms with Crippen LogP contribution >= 0.6 is 0 Å². The third kappa shape index (κ3) is 4.08. The van der Waals surface area contributed by atoms with Gasteiger partial charge in [-0.3, -0.25) is 0 Å². The van der Waals surface area contributed by atoms with Crippen molar-refractivity contribution in [1.29, 1.82) is 0 Å². The summed E-state index contributed by atoms with van der Waals surface area (Å²) in [6, 6.07) is 0.227. The van der Waals surface area contributed by atoms with Crippen LogP contribution in [0.15, 0.2) is 0 Å². The van der Waals surface area contributed by atoms with Crippen molar-refractivity contribution in [3.63, 3.8) is 0 Å². The number of rotatable bonds is 4. The van der Waals surface area contributed by atoms with Crippen LogP contribution in [0.4, 0.5) is 4.79 Å². The molecule has 1 rings (SSSR count). The molecule has 1 aliphatic rings. The largest absolute Gasteiger partial charge is 0.376 e. The average molecular weight is 214 g/mol. The molecule has 0 bridgehead atoms. The summed E-state index contributed by atoms with van der Waals surface area (Å²) in [6.07, 6.45) is 3.28. The van der Waals surface area contributed by atoms with Crippen LogP contribution in [-0.2, 0) is 4.74 Å². The Morgan fingerprint density at radius 3 is 2.73 bits per heavy atom. The summed E-state index contributed by atoms with van der Waals surface area (Å²) in [5.41, 5.74) is 0. The molecular weight excluding hydrogens is 192 g/mol. The minimum Gasteiger partial charge on any atom is -0.376 e. The number of amides is 2. The first-order valence-corrected chi connectivity index (χ1v) is 5.82. The first kappa shape index (κ1) is 12.3. The van der Waals surface area contributed by atoms with Gasteiger partial charge in [0, 0.05) is 12.6 Å². The molecule has 0 aromatic rings. The molecule has 1 fully saturated rings. The third-order valence-corrected chi connectivity index (χ3v) is 2.87. The van der Waals surface area contributed by atoms with Gasteiger partial charge in [0.2, 0.25) is 0 Å². The normalized spacial score (nSPS) is 24.6. The fourth-order valence-electron chi connectivity index (χ4n) is 1.66. The predicted octanol–water partition coefficient (Wildman–Crippen LogP) is 1.65. The Balaban J connectivity index is 2.24. The Hall–Kier alpha value is -0.770.